The molecule has 3 aromatic rings. The van der Waals surface area contributed by atoms with Crippen molar-refractivity contribution in [2.45, 2.75) is 24.8 Å². The van der Waals surface area contributed by atoms with Crippen molar-refractivity contribution in [2.24, 2.45) is 0 Å². The van der Waals surface area contributed by atoms with Gasteiger partial charge in [0.1, 0.15) is 12.4 Å². The van der Waals surface area contributed by atoms with Crippen molar-refractivity contribution >= 4 is 6.09 Å². The summed E-state index contributed by atoms with van der Waals surface area (Å²) >= 11 is 0. The topological polar surface area (TPSA) is 64.1 Å². The number of nitrogens with zero attached hydrogens (tertiary/aromatic N) is 2. The quantitative estimate of drug-likeness (QED) is 0.491. The molecule has 2 fully saturated rings. The summed E-state index contributed by atoms with van der Waals surface area (Å²) in [5, 5.41) is 2.54. The Balaban J connectivity index is 0.000000282. The molecule has 2 aliphatic rings. The van der Waals surface area contributed by atoms with Crippen molar-refractivity contribution in [1.82, 2.24) is 15.3 Å². The van der Waals surface area contributed by atoms with Crippen LogP contribution in [0.4, 0.5) is 13.6 Å². The van der Waals surface area contributed by atoms with Crippen LogP contribution >= 0.6 is 0 Å². The van der Waals surface area contributed by atoms with Crippen LogP contribution in [0.1, 0.15) is 47.2 Å². The Bertz CT molecular complexity index is 1120. The Morgan fingerprint density at radius 2 is 1.71 bits per heavy atom. The number of pyridine rings is 2. The molecule has 31 heavy (non-hydrogen) atoms. The van der Waals surface area contributed by atoms with Crippen LogP contribution < -0.4 is 5.32 Å². The van der Waals surface area contributed by atoms with Crippen molar-refractivity contribution in [1.29, 1.82) is 0 Å². The number of carbonyl (C=O) groups is 1. The number of cyclic esters (lactones) is 1. The van der Waals surface area contributed by atoms with Crippen LogP contribution in [0.15, 0.2) is 60.9 Å². The first kappa shape index (κ1) is 20.5. The highest BCUT2D eigenvalue weighted by atomic mass is 19.1. The fourth-order valence-corrected chi connectivity index (χ4v) is 2.99. The molecule has 5 nitrogen and oxygen atoms in total. The number of hydrogen-bond donors (Lipinski definition) is 1. The van der Waals surface area contributed by atoms with E-state index in [0.717, 1.165) is 11.3 Å². The van der Waals surface area contributed by atoms with E-state index in [1.165, 1.54) is 31.2 Å². The standard InChI is InChI=1S/C18H14FN3O2.C6H5F/c19-17-14(16-10-24-18(23)22-16)7-12(9-21-17)2-1-11-3-6-15(20-8-11)13-4-5-13;7-6-4-2-1-3-5-6/h3,6-9,13,16H,4-5,10H2,(H,22,23);1-5H/t16-;/m0./s1. The van der Waals surface area contributed by atoms with Crippen LogP contribution in [0.3, 0.4) is 0 Å². The fourth-order valence-electron chi connectivity index (χ4n) is 2.99. The molecule has 3 heterocycles. The Morgan fingerprint density at radius 3 is 2.29 bits per heavy atom. The van der Waals surface area contributed by atoms with E-state index in [9.17, 15) is 13.6 Å². The van der Waals surface area contributed by atoms with Gasteiger partial charge in [0.25, 0.3) is 0 Å². The van der Waals surface area contributed by atoms with E-state index < -0.39 is 18.1 Å². The Morgan fingerprint density at radius 1 is 0.968 bits per heavy atom. The monoisotopic (exact) mass is 419 g/mol. The Hall–Kier alpha value is -3.79. The molecule has 1 saturated heterocycles. The molecule has 0 radical (unpaired) electrons. The highest BCUT2D eigenvalue weighted by molar-refractivity contribution is 5.70. The second-order valence-corrected chi connectivity index (χ2v) is 7.19. The van der Waals surface area contributed by atoms with Crippen LogP contribution in [-0.4, -0.2) is 22.7 Å². The first-order chi connectivity index (χ1) is 15.1. The molecule has 1 atom stereocenters. The molecule has 7 heteroatoms. The molecule has 1 aromatic carbocycles. The molecule has 1 saturated carbocycles. The van der Waals surface area contributed by atoms with Crippen molar-refractivity contribution in [3.63, 3.8) is 0 Å². The predicted octanol–water partition coefficient (Wildman–Crippen LogP) is 4.50. The van der Waals surface area contributed by atoms with Crippen molar-refractivity contribution in [2.75, 3.05) is 6.61 Å². The molecular weight excluding hydrogens is 400 g/mol. The molecule has 0 bridgehead atoms. The van der Waals surface area contributed by atoms with E-state index in [-0.39, 0.29) is 18.0 Å². The van der Waals surface area contributed by atoms with Gasteiger partial charge in [-0.15, -0.1) is 0 Å². The lowest BCUT2D eigenvalue weighted by molar-refractivity contribution is 0.176. The van der Waals surface area contributed by atoms with Crippen molar-refractivity contribution in [3.8, 4) is 11.8 Å². The normalized spacial score (nSPS) is 16.8. The third-order valence-electron chi connectivity index (χ3n) is 4.78. The molecular formula is C24H19F2N3O2. The van der Waals surface area contributed by atoms with Gasteiger partial charge in [0, 0.05) is 40.7 Å². The molecule has 1 aliphatic carbocycles. The summed E-state index contributed by atoms with van der Waals surface area (Å²) in [5.41, 5.74) is 2.75. The van der Waals surface area contributed by atoms with E-state index in [4.69, 9.17) is 4.74 Å². The smallest absolute Gasteiger partial charge is 0.407 e. The average Bonchev–Trinajstić information content (AvgIpc) is 3.55. The highest BCUT2D eigenvalue weighted by Crippen LogP contribution is 2.38. The summed E-state index contributed by atoms with van der Waals surface area (Å²) in [6.45, 7) is 0.0842. The number of rotatable bonds is 2. The average molecular weight is 419 g/mol. The third-order valence-corrected chi connectivity index (χ3v) is 4.78. The third kappa shape index (κ3) is 5.64. The number of hydrogen-bond acceptors (Lipinski definition) is 4. The largest absolute Gasteiger partial charge is 0.447 e. The SMILES string of the molecule is Fc1ccccc1.O=C1N[C@H](c2cc(C#Cc3ccc(C4CC4)nc3)cnc2F)CO1. The van der Waals surface area contributed by atoms with Crippen molar-refractivity contribution < 1.29 is 18.3 Å². The van der Waals surface area contributed by atoms with Gasteiger partial charge in [0.15, 0.2) is 0 Å². The number of alkyl carbamates (subject to hydrolysis) is 1. The minimum atomic E-state index is -0.633. The van der Waals surface area contributed by atoms with Crippen LogP contribution in [-0.2, 0) is 4.74 Å². The summed E-state index contributed by atoms with van der Waals surface area (Å²) < 4.78 is 30.6. The summed E-state index contributed by atoms with van der Waals surface area (Å²) in [6.07, 6.45) is 4.99. The van der Waals surface area contributed by atoms with E-state index >= 15 is 0 Å². The summed E-state index contributed by atoms with van der Waals surface area (Å²) in [6, 6.07) is 12.9. The van der Waals surface area contributed by atoms with Gasteiger partial charge in [-0.05, 0) is 43.2 Å². The lowest BCUT2D eigenvalue weighted by Gasteiger charge is -2.08. The molecule has 156 valence electrons. The van der Waals surface area contributed by atoms with Gasteiger partial charge in [-0.3, -0.25) is 4.98 Å². The van der Waals surface area contributed by atoms with Crippen LogP contribution in [0.2, 0.25) is 0 Å². The van der Waals surface area contributed by atoms with Gasteiger partial charge >= 0.3 is 6.09 Å². The Labute approximate surface area is 178 Å². The van der Waals surface area contributed by atoms with Crippen molar-refractivity contribution in [3.05, 3.63) is 95.1 Å². The predicted molar refractivity (Wildman–Crippen MR) is 110 cm³/mol. The van der Waals surface area contributed by atoms with E-state index in [2.05, 4.69) is 27.1 Å². The first-order valence-electron chi connectivity index (χ1n) is 9.86. The zero-order chi connectivity index (χ0) is 21.6. The molecule has 0 spiro atoms. The maximum atomic E-state index is 13.9. The van der Waals surface area contributed by atoms with Gasteiger partial charge in [0.05, 0.1) is 6.04 Å². The lowest BCUT2D eigenvalue weighted by Crippen LogP contribution is -2.19. The Kier molecular flexibility index (Phi) is 6.18. The molecule has 2 aromatic heterocycles. The maximum absolute atomic E-state index is 13.9. The minimum Gasteiger partial charge on any atom is -0.447 e. The second kappa shape index (κ2) is 9.35. The molecule has 1 amide bonds. The zero-order valence-electron chi connectivity index (χ0n) is 16.5. The number of nitrogens with one attached hydrogen (secondary N) is 1. The first-order valence-corrected chi connectivity index (χ1v) is 9.86. The number of halogens is 2. The number of aromatic nitrogens is 2. The minimum absolute atomic E-state index is 0.0842. The molecule has 1 aliphatic heterocycles. The van der Waals surface area contributed by atoms with Gasteiger partial charge in [-0.25, -0.2) is 14.2 Å². The van der Waals surface area contributed by atoms with E-state index in [0.29, 0.717) is 11.5 Å². The summed E-state index contributed by atoms with van der Waals surface area (Å²) in [5.74, 6) is 5.75. The maximum Gasteiger partial charge on any atom is 0.407 e. The second-order valence-electron chi connectivity index (χ2n) is 7.19. The lowest BCUT2D eigenvalue weighted by atomic mass is 10.1. The number of carbonyl (C=O) groups excluding carboxylic acids is 1. The molecule has 5 rings (SSSR count). The highest BCUT2D eigenvalue weighted by Gasteiger charge is 2.27. The summed E-state index contributed by atoms with van der Waals surface area (Å²) in [7, 11) is 0. The van der Waals surface area contributed by atoms with Crippen LogP contribution in [0.25, 0.3) is 0 Å². The molecule has 1 N–H and O–H groups in total. The number of benzene rings is 1. The van der Waals surface area contributed by atoms with Gasteiger partial charge in [0.2, 0.25) is 5.95 Å². The van der Waals surface area contributed by atoms with E-state index in [1.807, 2.05) is 12.1 Å². The molecule has 0 unspecified atom stereocenters. The van der Waals surface area contributed by atoms with E-state index in [1.54, 1.807) is 30.5 Å². The number of ether oxygens (including phenoxy) is 1. The number of amides is 1. The fraction of sp³-hybridized carbons (Fsp3) is 0.208. The van der Waals surface area contributed by atoms with Gasteiger partial charge in [-0.1, -0.05) is 30.0 Å². The van der Waals surface area contributed by atoms with Gasteiger partial charge in [-0.2, -0.15) is 4.39 Å². The van der Waals surface area contributed by atoms with Crippen LogP contribution in [0.5, 0.6) is 0 Å². The van der Waals surface area contributed by atoms with Gasteiger partial charge < -0.3 is 10.1 Å². The summed E-state index contributed by atoms with van der Waals surface area (Å²) in [4.78, 5) is 19.2. The van der Waals surface area contributed by atoms with Crippen LogP contribution in [0, 0.1) is 23.6 Å². The zero-order valence-corrected chi connectivity index (χ0v) is 16.5.